The highest BCUT2D eigenvalue weighted by Crippen LogP contribution is 2.17. The molecule has 0 aromatic heterocycles. The zero-order valence-corrected chi connectivity index (χ0v) is 9.27. The van der Waals surface area contributed by atoms with E-state index in [1.54, 1.807) is 0 Å². The fourth-order valence-electron chi connectivity index (χ4n) is 1.49. The molecule has 0 spiro atoms. The third-order valence-electron chi connectivity index (χ3n) is 2.23. The fraction of sp³-hybridized carbons (Fsp3) is 0.778. The van der Waals surface area contributed by atoms with Crippen LogP contribution >= 0.6 is 0 Å². The number of hydrogen-bond acceptors (Lipinski definition) is 4. The van der Waals surface area contributed by atoms with Gasteiger partial charge in [0.1, 0.15) is 0 Å². The molecule has 104 valence electrons. The number of carbonyl (C=O) groups excluding carboxylic acids is 1. The molecule has 0 radical (unpaired) electrons. The number of ether oxygens (including phenoxy) is 2. The Hall–Kier alpha value is -1.51. The minimum atomic E-state index is -4.61. The minimum absolute atomic E-state index is 0.00857. The Morgan fingerprint density at radius 2 is 2.11 bits per heavy atom. The molecule has 1 unspecified atom stereocenters. The molecule has 1 fully saturated rings. The predicted molar refractivity (Wildman–Crippen MR) is 51.0 cm³/mol. The summed E-state index contributed by atoms with van der Waals surface area (Å²) in [5.41, 5.74) is 0. The number of carboxylic acids is 1. The van der Waals surface area contributed by atoms with E-state index in [2.05, 4.69) is 4.74 Å². The highest BCUT2D eigenvalue weighted by molar-refractivity contribution is 5.71. The van der Waals surface area contributed by atoms with Gasteiger partial charge in [0, 0.05) is 6.54 Å². The number of amides is 1. The van der Waals surface area contributed by atoms with Crippen molar-refractivity contribution in [2.45, 2.75) is 18.6 Å². The molecule has 1 atom stereocenters. The quantitative estimate of drug-likeness (QED) is 0.824. The summed E-state index contributed by atoms with van der Waals surface area (Å²) in [6.45, 7) is -1.58. The standard InChI is InChI=1S/C9H12F3NO5/c10-9(11,12)5-18-8(16)13-1-2-17-4-6(13)3-7(14)15/h6H,1-5H2,(H,14,15). The normalized spacial score (nSPS) is 20.6. The van der Waals surface area contributed by atoms with Gasteiger partial charge in [0.05, 0.1) is 25.7 Å². The van der Waals surface area contributed by atoms with Crippen LogP contribution in [0.1, 0.15) is 6.42 Å². The summed E-state index contributed by atoms with van der Waals surface area (Å²) in [4.78, 5) is 22.9. The Morgan fingerprint density at radius 1 is 1.44 bits per heavy atom. The van der Waals surface area contributed by atoms with E-state index in [1.165, 1.54) is 0 Å². The van der Waals surface area contributed by atoms with Crippen molar-refractivity contribution in [1.82, 2.24) is 4.90 Å². The number of aliphatic carboxylic acids is 1. The summed E-state index contributed by atoms with van der Waals surface area (Å²) in [6, 6.07) is -0.808. The number of hydrogen-bond donors (Lipinski definition) is 1. The van der Waals surface area contributed by atoms with Gasteiger partial charge in [-0.05, 0) is 0 Å². The van der Waals surface area contributed by atoms with E-state index in [0.29, 0.717) is 0 Å². The first-order chi connectivity index (χ1) is 8.29. The zero-order valence-electron chi connectivity index (χ0n) is 9.27. The first kappa shape index (κ1) is 14.6. The number of carbonyl (C=O) groups is 2. The van der Waals surface area contributed by atoms with Gasteiger partial charge in [-0.2, -0.15) is 13.2 Å². The summed E-state index contributed by atoms with van der Waals surface area (Å²) >= 11 is 0. The summed E-state index contributed by atoms with van der Waals surface area (Å²) in [6.07, 6.45) is -6.19. The van der Waals surface area contributed by atoms with E-state index in [-0.39, 0.29) is 19.8 Å². The largest absolute Gasteiger partial charge is 0.481 e. The predicted octanol–water partition coefficient (Wildman–Crippen LogP) is 0.861. The van der Waals surface area contributed by atoms with Crippen LogP contribution in [0.25, 0.3) is 0 Å². The van der Waals surface area contributed by atoms with Crippen molar-refractivity contribution in [1.29, 1.82) is 0 Å². The molecule has 9 heteroatoms. The lowest BCUT2D eigenvalue weighted by Crippen LogP contribution is -2.50. The van der Waals surface area contributed by atoms with Crippen LogP contribution in [0.3, 0.4) is 0 Å². The number of carboxylic acid groups (broad SMARTS) is 1. The first-order valence-corrected chi connectivity index (χ1v) is 5.09. The smallest absolute Gasteiger partial charge is 0.422 e. The molecule has 0 aromatic rings. The van der Waals surface area contributed by atoms with E-state index in [1.807, 2.05) is 0 Å². The monoisotopic (exact) mass is 271 g/mol. The Balaban J connectivity index is 2.54. The Labute approximate surface area is 100 Å². The van der Waals surface area contributed by atoms with Crippen LogP contribution in [0.5, 0.6) is 0 Å². The fourth-order valence-corrected chi connectivity index (χ4v) is 1.49. The Kier molecular flexibility index (Phi) is 4.76. The maximum Gasteiger partial charge on any atom is 0.422 e. The first-order valence-electron chi connectivity index (χ1n) is 5.09. The lowest BCUT2D eigenvalue weighted by atomic mass is 10.2. The molecular weight excluding hydrogens is 259 g/mol. The summed E-state index contributed by atoms with van der Waals surface area (Å²) < 4.78 is 44.7. The average Bonchev–Trinajstić information content (AvgIpc) is 2.25. The second-order valence-electron chi connectivity index (χ2n) is 3.69. The van der Waals surface area contributed by atoms with E-state index in [9.17, 15) is 22.8 Å². The van der Waals surface area contributed by atoms with Crippen LogP contribution in [0.4, 0.5) is 18.0 Å². The van der Waals surface area contributed by atoms with Gasteiger partial charge in [-0.15, -0.1) is 0 Å². The maximum atomic E-state index is 11.9. The van der Waals surface area contributed by atoms with Gasteiger partial charge in [-0.25, -0.2) is 4.79 Å². The summed E-state index contributed by atoms with van der Waals surface area (Å²) in [5, 5.41) is 8.61. The summed E-state index contributed by atoms with van der Waals surface area (Å²) in [7, 11) is 0. The molecule has 1 saturated heterocycles. The highest BCUT2D eigenvalue weighted by Gasteiger charge is 2.34. The van der Waals surface area contributed by atoms with Crippen molar-refractivity contribution in [3.05, 3.63) is 0 Å². The van der Waals surface area contributed by atoms with E-state index in [4.69, 9.17) is 9.84 Å². The zero-order chi connectivity index (χ0) is 13.8. The van der Waals surface area contributed by atoms with Crippen molar-refractivity contribution >= 4 is 12.1 Å². The van der Waals surface area contributed by atoms with Gasteiger partial charge < -0.3 is 19.5 Å². The van der Waals surface area contributed by atoms with Crippen molar-refractivity contribution in [3.8, 4) is 0 Å². The molecule has 1 heterocycles. The number of alkyl halides is 3. The molecule has 1 amide bonds. The van der Waals surface area contributed by atoms with E-state index < -0.39 is 37.3 Å². The second kappa shape index (κ2) is 5.89. The lowest BCUT2D eigenvalue weighted by molar-refractivity contribution is -0.164. The molecule has 6 nitrogen and oxygen atoms in total. The number of rotatable bonds is 3. The summed E-state index contributed by atoms with van der Waals surface area (Å²) in [5.74, 6) is -1.17. The third-order valence-corrected chi connectivity index (χ3v) is 2.23. The van der Waals surface area contributed by atoms with Crippen molar-refractivity contribution < 1.29 is 37.3 Å². The molecule has 0 saturated carbocycles. The number of morpholine rings is 1. The molecular formula is C9H12F3NO5. The van der Waals surface area contributed by atoms with Gasteiger partial charge in [-0.3, -0.25) is 4.79 Å². The highest BCUT2D eigenvalue weighted by atomic mass is 19.4. The van der Waals surface area contributed by atoms with E-state index >= 15 is 0 Å². The topological polar surface area (TPSA) is 76.1 Å². The van der Waals surface area contributed by atoms with Crippen LogP contribution in [0.2, 0.25) is 0 Å². The van der Waals surface area contributed by atoms with Gasteiger partial charge in [0.15, 0.2) is 6.61 Å². The molecule has 1 aliphatic heterocycles. The molecule has 0 aromatic carbocycles. The van der Waals surface area contributed by atoms with Crippen molar-refractivity contribution in [3.63, 3.8) is 0 Å². The van der Waals surface area contributed by atoms with Crippen molar-refractivity contribution in [2.75, 3.05) is 26.4 Å². The number of halogens is 3. The SMILES string of the molecule is O=C(O)CC1COCCN1C(=O)OCC(F)(F)F. The molecule has 1 N–H and O–H groups in total. The van der Waals surface area contributed by atoms with Crippen LogP contribution < -0.4 is 0 Å². The van der Waals surface area contributed by atoms with Crippen LogP contribution in [-0.2, 0) is 14.3 Å². The minimum Gasteiger partial charge on any atom is -0.481 e. The van der Waals surface area contributed by atoms with Gasteiger partial charge in [0.25, 0.3) is 0 Å². The van der Waals surface area contributed by atoms with Gasteiger partial charge in [0.2, 0.25) is 0 Å². The van der Waals surface area contributed by atoms with Crippen LogP contribution in [0, 0.1) is 0 Å². The maximum absolute atomic E-state index is 11.9. The molecule has 0 aliphatic carbocycles. The van der Waals surface area contributed by atoms with Crippen molar-refractivity contribution in [2.24, 2.45) is 0 Å². The molecule has 0 bridgehead atoms. The van der Waals surface area contributed by atoms with Crippen LogP contribution in [0.15, 0.2) is 0 Å². The lowest BCUT2D eigenvalue weighted by Gasteiger charge is -2.33. The van der Waals surface area contributed by atoms with Gasteiger partial charge >= 0.3 is 18.2 Å². The Bertz CT molecular complexity index is 320. The molecule has 1 aliphatic rings. The van der Waals surface area contributed by atoms with Gasteiger partial charge in [-0.1, -0.05) is 0 Å². The third kappa shape index (κ3) is 4.78. The molecule has 1 rings (SSSR count). The van der Waals surface area contributed by atoms with Crippen LogP contribution in [-0.4, -0.2) is 60.7 Å². The average molecular weight is 271 g/mol. The molecule has 18 heavy (non-hydrogen) atoms. The Morgan fingerprint density at radius 3 is 2.67 bits per heavy atom. The second-order valence-corrected chi connectivity index (χ2v) is 3.69. The van der Waals surface area contributed by atoms with E-state index in [0.717, 1.165) is 4.90 Å². The number of nitrogens with zero attached hydrogens (tertiary/aromatic N) is 1.